The number of rotatable bonds is 4. The van der Waals surface area contributed by atoms with Gasteiger partial charge in [0, 0.05) is 10.6 Å². The summed E-state index contributed by atoms with van der Waals surface area (Å²) in [5, 5.41) is 3.66. The van der Waals surface area contributed by atoms with E-state index in [9.17, 15) is 26.3 Å². The second-order valence-corrected chi connectivity index (χ2v) is 5.77. The topological polar surface area (TPSA) is 21.6 Å². The molecule has 0 aromatic heterocycles. The van der Waals surface area contributed by atoms with E-state index in [-0.39, 0.29) is 28.5 Å². The number of benzene rings is 2. The maximum Gasteiger partial charge on any atom is 0.417 e. The third-order valence-corrected chi connectivity index (χ3v) is 3.60. The van der Waals surface area contributed by atoms with E-state index in [2.05, 4.69) is 5.16 Å². The smallest absolute Gasteiger partial charge is 0.391 e. The number of halogens is 7. The van der Waals surface area contributed by atoms with Gasteiger partial charge in [0.05, 0.1) is 16.8 Å². The molecule has 0 spiro atoms. The SMILES string of the molecule is C/C(=N\OCc1cccc(C(F)(F)F)c1)c1cc(Cl)ccc1C(F)(F)F. The van der Waals surface area contributed by atoms with Crippen molar-refractivity contribution in [3.63, 3.8) is 0 Å². The predicted molar refractivity (Wildman–Crippen MR) is 84.9 cm³/mol. The summed E-state index contributed by atoms with van der Waals surface area (Å²) < 4.78 is 77.1. The summed E-state index contributed by atoms with van der Waals surface area (Å²) in [6.45, 7) is 0.955. The lowest BCUT2D eigenvalue weighted by molar-refractivity contribution is -0.138. The van der Waals surface area contributed by atoms with E-state index in [1.165, 1.54) is 19.1 Å². The van der Waals surface area contributed by atoms with Crippen LogP contribution >= 0.6 is 11.6 Å². The van der Waals surface area contributed by atoms with Crippen LogP contribution in [0.2, 0.25) is 5.02 Å². The summed E-state index contributed by atoms with van der Waals surface area (Å²) in [5.74, 6) is 0. The second kappa shape index (κ2) is 7.57. The van der Waals surface area contributed by atoms with Crippen LogP contribution in [0.1, 0.15) is 29.2 Å². The fourth-order valence-electron chi connectivity index (χ4n) is 2.15. The van der Waals surface area contributed by atoms with Crippen LogP contribution in [0.4, 0.5) is 26.3 Å². The van der Waals surface area contributed by atoms with Crippen LogP contribution in [-0.4, -0.2) is 5.71 Å². The molecule has 0 unspecified atom stereocenters. The van der Waals surface area contributed by atoms with Crippen molar-refractivity contribution in [1.29, 1.82) is 0 Å². The van der Waals surface area contributed by atoms with Gasteiger partial charge in [0.2, 0.25) is 0 Å². The van der Waals surface area contributed by atoms with Crippen molar-refractivity contribution in [3.05, 3.63) is 69.7 Å². The van der Waals surface area contributed by atoms with Crippen molar-refractivity contribution in [1.82, 2.24) is 0 Å². The van der Waals surface area contributed by atoms with Gasteiger partial charge in [-0.3, -0.25) is 0 Å². The van der Waals surface area contributed by atoms with Gasteiger partial charge < -0.3 is 4.84 Å². The molecule has 2 aromatic carbocycles. The molecule has 2 nitrogen and oxygen atoms in total. The monoisotopic (exact) mass is 395 g/mol. The highest BCUT2D eigenvalue weighted by Gasteiger charge is 2.34. The minimum absolute atomic E-state index is 0.0837. The first-order valence-corrected chi connectivity index (χ1v) is 7.56. The van der Waals surface area contributed by atoms with Gasteiger partial charge in [-0.1, -0.05) is 28.9 Å². The van der Waals surface area contributed by atoms with Crippen LogP contribution in [0.5, 0.6) is 0 Å². The average Bonchev–Trinajstić information content (AvgIpc) is 2.53. The maximum atomic E-state index is 13.0. The molecule has 140 valence electrons. The third-order valence-electron chi connectivity index (χ3n) is 3.36. The van der Waals surface area contributed by atoms with Crippen molar-refractivity contribution < 1.29 is 31.2 Å². The van der Waals surface area contributed by atoms with Crippen LogP contribution in [0.3, 0.4) is 0 Å². The molecule has 0 atom stereocenters. The van der Waals surface area contributed by atoms with Crippen LogP contribution < -0.4 is 0 Å². The van der Waals surface area contributed by atoms with E-state index >= 15 is 0 Å². The number of hydrogen-bond donors (Lipinski definition) is 0. The molecule has 0 aliphatic carbocycles. The van der Waals surface area contributed by atoms with Gasteiger partial charge in [-0.05, 0) is 42.8 Å². The first kappa shape index (κ1) is 20.1. The minimum Gasteiger partial charge on any atom is -0.391 e. The Morgan fingerprint density at radius 1 is 1.00 bits per heavy atom. The van der Waals surface area contributed by atoms with Crippen LogP contribution in [0.15, 0.2) is 47.6 Å². The molecule has 0 fully saturated rings. The molecule has 2 aromatic rings. The van der Waals surface area contributed by atoms with Gasteiger partial charge >= 0.3 is 12.4 Å². The van der Waals surface area contributed by atoms with Crippen molar-refractivity contribution in [2.75, 3.05) is 0 Å². The summed E-state index contributed by atoms with van der Waals surface area (Å²) in [4.78, 5) is 4.92. The number of alkyl halides is 6. The molecule has 0 heterocycles. The molecule has 2 rings (SSSR count). The Labute approximate surface area is 150 Å². The van der Waals surface area contributed by atoms with E-state index < -0.39 is 23.5 Å². The standard InChI is InChI=1S/C17H12ClF6NO/c1-10(14-8-13(18)5-6-15(14)17(22,23)24)25-26-9-11-3-2-4-12(7-11)16(19,20)21/h2-8H,9H2,1H3/b25-10+. The summed E-state index contributed by atoms with van der Waals surface area (Å²) in [6, 6.07) is 7.40. The normalized spacial score (nSPS) is 13.0. The lowest BCUT2D eigenvalue weighted by Crippen LogP contribution is -2.12. The van der Waals surface area contributed by atoms with Gasteiger partial charge in [0.15, 0.2) is 0 Å². The quantitative estimate of drug-likeness (QED) is 0.337. The van der Waals surface area contributed by atoms with Crippen LogP contribution in [0.25, 0.3) is 0 Å². The summed E-state index contributed by atoms with van der Waals surface area (Å²) in [6.07, 6.45) is -9.12. The molecule has 0 amide bonds. The highest BCUT2D eigenvalue weighted by atomic mass is 35.5. The van der Waals surface area contributed by atoms with E-state index in [4.69, 9.17) is 16.4 Å². The fraction of sp³-hybridized carbons (Fsp3) is 0.235. The fourth-order valence-corrected chi connectivity index (χ4v) is 2.33. The molecular formula is C17H12ClF6NO. The van der Waals surface area contributed by atoms with Gasteiger partial charge in [0.25, 0.3) is 0 Å². The van der Waals surface area contributed by atoms with E-state index in [0.717, 1.165) is 30.3 Å². The molecule has 0 saturated heterocycles. The Morgan fingerprint density at radius 3 is 2.31 bits per heavy atom. The minimum atomic E-state index is -4.61. The molecular weight excluding hydrogens is 384 g/mol. The van der Waals surface area contributed by atoms with E-state index in [0.29, 0.717) is 0 Å². The molecule has 0 radical (unpaired) electrons. The second-order valence-electron chi connectivity index (χ2n) is 5.34. The van der Waals surface area contributed by atoms with E-state index in [1.54, 1.807) is 0 Å². The van der Waals surface area contributed by atoms with Gasteiger partial charge in [-0.25, -0.2) is 0 Å². The summed E-state index contributed by atoms with van der Waals surface area (Å²) in [7, 11) is 0. The lowest BCUT2D eigenvalue weighted by Gasteiger charge is -2.13. The molecule has 0 saturated carbocycles. The molecule has 0 bridgehead atoms. The highest BCUT2D eigenvalue weighted by molar-refractivity contribution is 6.31. The predicted octanol–water partition coefficient (Wildman–Crippen LogP) is 6.32. The Kier molecular flexibility index (Phi) is 5.85. The first-order chi connectivity index (χ1) is 12.0. The average molecular weight is 396 g/mol. The molecule has 0 aliphatic heterocycles. The van der Waals surface area contributed by atoms with Gasteiger partial charge in [-0.15, -0.1) is 0 Å². The Hall–Kier alpha value is -2.22. The van der Waals surface area contributed by atoms with Gasteiger partial charge in [0.1, 0.15) is 6.61 Å². The van der Waals surface area contributed by atoms with Crippen molar-refractivity contribution in [2.45, 2.75) is 25.9 Å². The van der Waals surface area contributed by atoms with E-state index in [1.807, 2.05) is 0 Å². The summed E-state index contributed by atoms with van der Waals surface area (Å²) in [5.41, 5.74) is -1.99. The van der Waals surface area contributed by atoms with Gasteiger partial charge in [-0.2, -0.15) is 26.3 Å². The zero-order valence-corrected chi connectivity index (χ0v) is 14.0. The summed E-state index contributed by atoms with van der Waals surface area (Å²) >= 11 is 5.73. The molecule has 0 N–H and O–H groups in total. The molecule has 9 heteroatoms. The largest absolute Gasteiger partial charge is 0.417 e. The molecule has 26 heavy (non-hydrogen) atoms. The lowest BCUT2D eigenvalue weighted by atomic mass is 10.0. The molecule has 0 aliphatic rings. The Bertz CT molecular complexity index is 814. The number of oxime groups is 1. The number of nitrogens with zero attached hydrogens (tertiary/aromatic N) is 1. The highest BCUT2D eigenvalue weighted by Crippen LogP contribution is 2.34. The zero-order valence-electron chi connectivity index (χ0n) is 13.2. The Morgan fingerprint density at radius 2 is 1.69 bits per heavy atom. The van der Waals surface area contributed by atoms with Crippen molar-refractivity contribution in [2.24, 2.45) is 5.16 Å². The Balaban J connectivity index is 2.19. The maximum absolute atomic E-state index is 13.0. The van der Waals surface area contributed by atoms with Crippen LogP contribution in [-0.2, 0) is 23.8 Å². The van der Waals surface area contributed by atoms with Crippen LogP contribution in [0, 0.1) is 0 Å². The van der Waals surface area contributed by atoms with Crippen molar-refractivity contribution >= 4 is 17.3 Å². The number of hydrogen-bond acceptors (Lipinski definition) is 2. The van der Waals surface area contributed by atoms with Crippen molar-refractivity contribution in [3.8, 4) is 0 Å². The zero-order chi connectivity index (χ0) is 19.5. The first-order valence-electron chi connectivity index (χ1n) is 7.18. The third kappa shape index (κ3) is 5.14.